The van der Waals surface area contributed by atoms with E-state index in [0.29, 0.717) is 17.6 Å². The highest BCUT2D eigenvalue weighted by atomic mass is 32.2. The molecule has 0 aliphatic carbocycles. The SMILES string of the molecule is O=C(Nc1ccc(F)c(C(F)(F)F)c1)c1ccccc1NS(=O)(=O)c1ccc2[nH]c(=O)[nH]c2c1. The van der Waals surface area contributed by atoms with Crippen LogP contribution >= 0.6 is 0 Å². The van der Waals surface area contributed by atoms with E-state index in [1.165, 1.54) is 42.5 Å². The molecule has 0 aliphatic rings. The molecule has 4 aromatic rings. The number of carbonyl (C=O) groups excluding carboxylic acids is 1. The number of sulfonamides is 1. The normalized spacial score (nSPS) is 12.0. The molecule has 4 N–H and O–H groups in total. The number of hydrogen-bond acceptors (Lipinski definition) is 4. The molecule has 4 rings (SSSR count). The van der Waals surface area contributed by atoms with Gasteiger partial charge in [0.25, 0.3) is 15.9 Å². The van der Waals surface area contributed by atoms with Crippen LogP contribution in [0.3, 0.4) is 0 Å². The standard InChI is InChI=1S/C21H14F4N4O4S/c22-15-7-5-11(9-14(15)21(23,24)25)26-19(30)13-3-1-2-4-16(13)29-34(32,33)12-6-8-17-18(10-12)28-20(31)27-17/h1-10,29H,(H,26,30)(H2,27,28,31). The summed E-state index contributed by atoms with van der Waals surface area (Å²) in [6.45, 7) is 0. The molecule has 0 fully saturated rings. The molecule has 1 aromatic heterocycles. The van der Waals surface area contributed by atoms with Crippen molar-refractivity contribution in [2.75, 3.05) is 10.0 Å². The highest BCUT2D eigenvalue weighted by molar-refractivity contribution is 7.92. The van der Waals surface area contributed by atoms with Crippen LogP contribution in [0.4, 0.5) is 28.9 Å². The maximum atomic E-state index is 13.5. The van der Waals surface area contributed by atoms with Gasteiger partial charge in [0.1, 0.15) is 5.82 Å². The summed E-state index contributed by atoms with van der Waals surface area (Å²) in [5.74, 6) is -2.43. The Hall–Kier alpha value is -4.13. The number of alkyl halides is 3. The van der Waals surface area contributed by atoms with Crippen LogP contribution in [0.2, 0.25) is 0 Å². The van der Waals surface area contributed by atoms with E-state index in [-0.39, 0.29) is 27.4 Å². The minimum absolute atomic E-state index is 0.152. The second-order valence-electron chi connectivity index (χ2n) is 7.08. The van der Waals surface area contributed by atoms with E-state index >= 15 is 0 Å². The molecule has 1 heterocycles. The first-order chi connectivity index (χ1) is 15.9. The highest BCUT2D eigenvalue weighted by Gasteiger charge is 2.34. The highest BCUT2D eigenvalue weighted by Crippen LogP contribution is 2.33. The zero-order chi connectivity index (χ0) is 24.7. The summed E-state index contributed by atoms with van der Waals surface area (Å²) >= 11 is 0. The summed E-state index contributed by atoms with van der Waals surface area (Å²) in [6, 6.07) is 11.2. The van der Waals surface area contributed by atoms with E-state index in [4.69, 9.17) is 0 Å². The number of amides is 1. The topological polar surface area (TPSA) is 124 Å². The number of rotatable bonds is 5. The molecule has 3 aromatic carbocycles. The van der Waals surface area contributed by atoms with Gasteiger partial charge in [-0.1, -0.05) is 12.1 Å². The van der Waals surface area contributed by atoms with E-state index in [9.17, 15) is 35.6 Å². The van der Waals surface area contributed by atoms with E-state index in [2.05, 4.69) is 20.0 Å². The zero-order valence-corrected chi connectivity index (χ0v) is 17.6. The maximum Gasteiger partial charge on any atom is 0.419 e. The Morgan fingerprint density at radius 1 is 0.912 bits per heavy atom. The minimum atomic E-state index is -4.97. The van der Waals surface area contributed by atoms with Crippen LogP contribution < -0.4 is 15.7 Å². The van der Waals surface area contributed by atoms with E-state index in [1.807, 2.05) is 0 Å². The summed E-state index contributed by atoms with van der Waals surface area (Å²) < 4.78 is 80.3. The van der Waals surface area contributed by atoms with Gasteiger partial charge in [0, 0.05) is 5.69 Å². The lowest BCUT2D eigenvalue weighted by molar-refractivity contribution is -0.139. The largest absolute Gasteiger partial charge is 0.419 e. The van der Waals surface area contributed by atoms with E-state index in [1.54, 1.807) is 0 Å². The van der Waals surface area contributed by atoms with Crippen LogP contribution in [0.1, 0.15) is 15.9 Å². The molecule has 8 nitrogen and oxygen atoms in total. The minimum Gasteiger partial charge on any atom is -0.322 e. The number of imidazole rings is 1. The molecule has 13 heteroatoms. The number of fused-ring (bicyclic) bond motifs is 1. The van der Waals surface area contributed by atoms with Crippen molar-refractivity contribution in [3.8, 4) is 0 Å². The Morgan fingerprint density at radius 3 is 2.35 bits per heavy atom. The molecular weight excluding hydrogens is 480 g/mol. The molecule has 0 bridgehead atoms. The van der Waals surface area contributed by atoms with Gasteiger partial charge in [0.2, 0.25) is 0 Å². The summed E-state index contributed by atoms with van der Waals surface area (Å²) in [6.07, 6.45) is -4.97. The third-order valence-corrected chi connectivity index (χ3v) is 6.11. The number of para-hydroxylation sites is 1. The Balaban J connectivity index is 1.62. The maximum absolute atomic E-state index is 13.5. The van der Waals surface area contributed by atoms with Crippen LogP contribution in [0.15, 0.2) is 70.4 Å². The van der Waals surface area contributed by atoms with Gasteiger partial charge in [-0.2, -0.15) is 13.2 Å². The van der Waals surface area contributed by atoms with Gasteiger partial charge in [-0.3, -0.25) is 9.52 Å². The smallest absolute Gasteiger partial charge is 0.322 e. The van der Waals surface area contributed by atoms with Crippen LogP contribution in [0, 0.1) is 5.82 Å². The Labute approximate surface area is 188 Å². The number of aromatic amines is 2. The summed E-state index contributed by atoms with van der Waals surface area (Å²) in [4.78, 5) is 28.8. The van der Waals surface area contributed by atoms with Crippen molar-refractivity contribution < 1.29 is 30.8 Å². The Bertz CT molecular complexity index is 1580. The number of nitrogens with one attached hydrogen (secondary N) is 4. The third kappa shape index (κ3) is 4.64. The fourth-order valence-electron chi connectivity index (χ4n) is 3.17. The second kappa shape index (κ2) is 8.33. The number of hydrogen-bond donors (Lipinski definition) is 4. The van der Waals surface area contributed by atoms with Gasteiger partial charge in [-0.15, -0.1) is 0 Å². The van der Waals surface area contributed by atoms with Gasteiger partial charge in [0.15, 0.2) is 0 Å². The molecule has 0 spiro atoms. The number of benzene rings is 3. The van der Waals surface area contributed by atoms with Crippen molar-refractivity contribution >= 4 is 38.3 Å². The van der Waals surface area contributed by atoms with Crippen LogP contribution in [-0.2, 0) is 16.2 Å². The lowest BCUT2D eigenvalue weighted by Gasteiger charge is -2.14. The van der Waals surface area contributed by atoms with Crippen molar-refractivity contribution in [2.45, 2.75) is 11.1 Å². The second-order valence-corrected chi connectivity index (χ2v) is 8.77. The molecule has 0 atom stereocenters. The van der Waals surface area contributed by atoms with Crippen LogP contribution in [0.5, 0.6) is 0 Å². The average molecular weight is 494 g/mol. The van der Waals surface area contributed by atoms with Gasteiger partial charge in [-0.05, 0) is 48.5 Å². The van der Waals surface area contributed by atoms with Crippen molar-refractivity contribution in [3.63, 3.8) is 0 Å². The fourth-order valence-corrected chi connectivity index (χ4v) is 4.28. The molecule has 0 radical (unpaired) electrons. The van der Waals surface area contributed by atoms with Crippen molar-refractivity contribution in [1.29, 1.82) is 0 Å². The summed E-state index contributed by atoms with van der Waals surface area (Å²) in [7, 11) is -4.22. The lowest BCUT2D eigenvalue weighted by Crippen LogP contribution is -2.19. The summed E-state index contributed by atoms with van der Waals surface area (Å²) in [5.41, 5.74) is -2.12. The van der Waals surface area contributed by atoms with Gasteiger partial charge in [0.05, 0.1) is 32.7 Å². The molecule has 34 heavy (non-hydrogen) atoms. The van der Waals surface area contributed by atoms with Gasteiger partial charge < -0.3 is 15.3 Å². The Morgan fingerprint density at radius 2 is 1.62 bits per heavy atom. The number of halogens is 4. The third-order valence-electron chi connectivity index (χ3n) is 4.74. The monoisotopic (exact) mass is 494 g/mol. The lowest BCUT2D eigenvalue weighted by atomic mass is 10.1. The first-order valence-corrected chi connectivity index (χ1v) is 10.9. The molecule has 1 amide bonds. The van der Waals surface area contributed by atoms with E-state index < -0.39 is 39.2 Å². The molecule has 0 saturated carbocycles. The van der Waals surface area contributed by atoms with E-state index in [0.717, 1.165) is 6.07 Å². The number of carbonyl (C=O) groups is 1. The predicted octanol–water partition coefficient (Wildman–Crippen LogP) is 4.07. The average Bonchev–Trinajstić information content (AvgIpc) is 3.13. The number of aromatic nitrogens is 2. The molecular formula is C21H14F4N4O4S. The van der Waals surface area contributed by atoms with Crippen molar-refractivity contribution in [2.24, 2.45) is 0 Å². The van der Waals surface area contributed by atoms with Crippen molar-refractivity contribution in [1.82, 2.24) is 9.97 Å². The quantitative estimate of drug-likeness (QED) is 0.312. The number of anilines is 2. The predicted molar refractivity (Wildman–Crippen MR) is 116 cm³/mol. The van der Waals surface area contributed by atoms with Crippen LogP contribution in [-0.4, -0.2) is 24.3 Å². The molecule has 0 aliphatic heterocycles. The Kier molecular flexibility index (Phi) is 5.65. The molecule has 0 saturated heterocycles. The molecule has 176 valence electrons. The van der Waals surface area contributed by atoms with Crippen molar-refractivity contribution in [3.05, 3.63) is 88.1 Å². The number of H-pyrrole nitrogens is 2. The zero-order valence-electron chi connectivity index (χ0n) is 16.8. The van der Waals surface area contributed by atoms with Crippen LogP contribution in [0.25, 0.3) is 11.0 Å². The van der Waals surface area contributed by atoms with Gasteiger partial charge in [-0.25, -0.2) is 17.6 Å². The first-order valence-electron chi connectivity index (χ1n) is 9.46. The molecule has 0 unspecified atom stereocenters. The summed E-state index contributed by atoms with van der Waals surface area (Å²) in [5, 5.41) is 2.21. The van der Waals surface area contributed by atoms with Gasteiger partial charge >= 0.3 is 11.9 Å². The fraction of sp³-hybridized carbons (Fsp3) is 0.0476. The first kappa shape index (κ1) is 23.0.